The second-order valence-electron chi connectivity index (χ2n) is 5.18. The maximum Gasteiger partial charge on any atom is 0.310 e. The van der Waals surface area contributed by atoms with E-state index in [1.807, 2.05) is 0 Å². The van der Waals surface area contributed by atoms with Gasteiger partial charge < -0.3 is 9.47 Å². The molecule has 0 aromatic rings. The number of carbonyl (C=O) groups excluding carboxylic acids is 2. The van der Waals surface area contributed by atoms with Crippen LogP contribution < -0.4 is 0 Å². The van der Waals surface area contributed by atoms with E-state index in [9.17, 15) is 9.59 Å². The molecule has 0 aliphatic heterocycles. The lowest BCUT2D eigenvalue weighted by Crippen LogP contribution is -2.55. The first-order chi connectivity index (χ1) is 8.69. The summed E-state index contributed by atoms with van der Waals surface area (Å²) < 4.78 is 9.74. The summed E-state index contributed by atoms with van der Waals surface area (Å²) in [4.78, 5) is 24.0. The molecule has 4 nitrogen and oxygen atoms in total. The second-order valence-corrected chi connectivity index (χ2v) is 5.18. The molecule has 4 rings (SSSR count). The predicted octanol–water partition coefficient (Wildman–Crippen LogP) is 1.18. The van der Waals surface area contributed by atoms with Crippen LogP contribution in [0.2, 0.25) is 0 Å². The van der Waals surface area contributed by atoms with Crippen LogP contribution in [0.5, 0.6) is 0 Å². The van der Waals surface area contributed by atoms with Crippen molar-refractivity contribution in [3.63, 3.8) is 0 Å². The van der Waals surface area contributed by atoms with Crippen LogP contribution in [0.4, 0.5) is 0 Å². The van der Waals surface area contributed by atoms with Crippen molar-refractivity contribution in [2.75, 3.05) is 14.2 Å². The largest absolute Gasteiger partial charge is 0.469 e. The molecule has 0 aromatic carbocycles. The molecule has 2 bridgehead atoms. The zero-order valence-electron chi connectivity index (χ0n) is 10.4. The third-order valence-corrected chi connectivity index (χ3v) is 4.61. The van der Waals surface area contributed by atoms with Gasteiger partial charge >= 0.3 is 11.9 Å². The van der Waals surface area contributed by atoms with Crippen LogP contribution in [0.15, 0.2) is 24.3 Å². The lowest BCUT2D eigenvalue weighted by molar-refractivity contribution is -0.167. The Hall–Kier alpha value is -1.58. The van der Waals surface area contributed by atoms with Crippen LogP contribution in [-0.2, 0) is 19.1 Å². The van der Waals surface area contributed by atoms with E-state index in [1.54, 1.807) is 0 Å². The number of ether oxygens (including phenoxy) is 2. The summed E-state index contributed by atoms with van der Waals surface area (Å²) in [6, 6.07) is 0. The number of allylic oxidation sites excluding steroid dienone is 4. The summed E-state index contributed by atoms with van der Waals surface area (Å²) in [5.74, 6) is -0.502. The smallest absolute Gasteiger partial charge is 0.310 e. The van der Waals surface area contributed by atoms with Gasteiger partial charge in [-0.25, -0.2) is 0 Å². The molecule has 18 heavy (non-hydrogen) atoms. The van der Waals surface area contributed by atoms with Gasteiger partial charge in [-0.15, -0.1) is 0 Å². The topological polar surface area (TPSA) is 52.6 Å². The number of hydrogen-bond acceptors (Lipinski definition) is 4. The van der Waals surface area contributed by atoms with Crippen LogP contribution in [0, 0.1) is 35.5 Å². The molecule has 4 aliphatic rings. The molecule has 4 heteroatoms. The highest BCUT2D eigenvalue weighted by molar-refractivity contribution is 5.84. The average Bonchev–Trinajstić information content (AvgIpc) is 2.35. The van der Waals surface area contributed by atoms with Crippen molar-refractivity contribution in [1.82, 2.24) is 0 Å². The van der Waals surface area contributed by atoms with Crippen molar-refractivity contribution < 1.29 is 19.1 Å². The molecule has 1 fully saturated rings. The molecule has 6 atom stereocenters. The first kappa shape index (κ1) is 11.5. The predicted molar refractivity (Wildman–Crippen MR) is 63.3 cm³/mol. The Bertz CT molecular complexity index is 411. The monoisotopic (exact) mass is 248 g/mol. The molecule has 0 N–H and O–H groups in total. The van der Waals surface area contributed by atoms with Crippen molar-refractivity contribution in [2.45, 2.75) is 0 Å². The fourth-order valence-corrected chi connectivity index (χ4v) is 3.73. The first-order valence-corrected chi connectivity index (χ1v) is 6.21. The van der Waals surface area contributed by atoms with Crippen molar-refractivity contribution >= 4 is 11.9 Å². The highest BCUT2D eigenvalue weighted by Crippen LogP contribution is 2.56. The van der Waals surface area contributed by atoms with Crippen LogP contribution in [-0.4, -0.2) is 26.2 Å². The van der Waals surface area contributed by atoms with Crippen molar-refractivity contribution in [1.29, 1.82) is 0 Å². The minimum Gasteiger partial charge on any atom is -0.469 e. The average molecular weight is 248 g/mol. The highest BCUT2D eigenvalue weighted by Gasteiger charge is 2.58. The van der Waals surface area contributed by atoms with E-state index in [4.69, 9.17) is 9.47 Å². The third kappa shape index (κ3) is 1.32. The molecule has 96 valence electrons. The van der Waals surface area contributed by atoms with Gasteiger partial charge in [0.1, 0.15) is 0 Å². The van der Waals surface area contributed by atoms with Gasteiger partial charge in [0.05, 0.1) is 26.1 Å². The van der Waals surface area contributed by atoms with Crippen molar-refractivity contribution in [2.24, 2.45) is 35.5 Å². The van der Waals surface area contributed by atoms with Crippen LogP contribution in [0.3, 0.4) is 0 Å². The molecule has 0 heterocycles. The highest BCUT2D eigenvalue weighted by atomic mass is 16.5. The number of rotatable bonds is 2. The number of hydrogen-bond donors (Lipinski definition) is 0. The molecule has 1 saturated carbocycles. The van der Waals surface area contributed by atoms with E-state index in [-0.39, 0.29) is 23.8 Å². The summed E-state index contributed by atoms with van der Waals surface area (Å²) >= 11 is 0. The van der Waals surface area contributed by atoms with E-state index in [2.05, 4.69) is 24.3 Å². The van der Waals surface area contributed by atoms with Crippen LogP contribution in [0.25, 0.3) is 0 Å². The molecular weight excluding hydrogens is 232 g/mol. The molecule has 0 radical (unpaired) electrons. The number of methoxy groups -OCH3 is 2. The molecule has 0 aromatic heterocycles. The zero-order chi connectivity index (χ0) is 12.9. The fraction of sp³-hybridized carbons (Fsp3) is 0.571. The van der Waals surface area contributed by atoms with Crippen LogP contribution in [0.1, 0.15) is 0 Å². The molecule has 0 spiro atoms. The third-order valence-electron chi connectivity index (χ3n) is 4.61. The van der Waals surface area contributed by atoms with E-state index >= 15 is 0 Å². The van der Waals surface area contributed by atoms with Gasteiger partial charge in [-0.2, -0.15) is 0 Å². The summed E-state index contributed by atoms with van der Waals surface area (Å²) in [5.41, 5.74) is 0. The lowest BCUT2D eigenvalue weighted by atomic mass is 9.50. The number of fused-ring (bicyclic) bond motifs is 1. The van der Waals surface area contributed by atoms with Crippen LogP contribution >= 0.6 is 0 Å². The molecular formula is C14H16O4. The molecule has 0 saturated heterocycles. The maximum absolute atomic E-state index is 12.0. The minimum absolute atomic E-state index is 0.0709. The molecule has 0 amide bonds. The summed E-state index contributed by atoms with van der Waals surface area (Å²) in [6.07, 6.45) is 8.40. The summed E-state index contributed by atoms with van der Waals surface area (Å²) in [5, 5.41) is 0. The Morgan fingerprint density at radius 2 is 1.06 bits per heavy atom. The lowest BCUT2D eigenvalue weighted by Gasteiger charge is -2.53. The molecule has 4 aliphatic carbocycles. The second kappa shape index (κ2) is 3.97. The Balaban J connectivity index is 2.00. The Labute approximate surface area is 106 Å². The standard InChI is InChI=1S/C14H16O4/c1-17-13(15)11-9-5-6-10(8-4-3-7(8)9)12(11)14(16)18-2/h3-12H,1-2H3/t7-,8-,9+,10+,11-,12-/m0/s1. The maximum atomic E-state index is 12.0. The van der Waals surface area contributed by atoms with E-state index in [1.165, 1.54) is 14.2 Å². The SMILES string of the molecule is COC(=O)[C@H]1[C@@H]2C=C[C@H]([C@H]3C=C[C@@H]32)[C@@H]1C(=O)OC. The van der Waals surface area contributed by atoms with Gasteiger partial charge in [0.2, 0.25) is 0 Å². The zero-order valence-corrected chi connectivity index (χ0v) is 10.4. The molecule has 0 unspecified atom stereocenters. The van der Waals surface area contributed by atoms with E-state index in [0.717, 1.165) is 0 Å². The first-order valence-electron chi connectivity index (χ1n) is 6.21. The normalized spacial score (nSPS) is 43.0. The van der Waals surface area contributed by atoms with Crippen molar-refractivity contribution in [3.05, 3.63) is 24.3 Å². The van der Waals surface area contributed by atoms with E-state index < -0.39 is 11.8 Å². The number of esters is 2. The van der Waals surface area contributed by atoms with Crippen molar-refractivity contribution in [3.8, 4) is 0 Å². The Morgan fingerprint density at radius 1 is 0.722 bits per heavy atom. The van der Waals surface area contributed by atoms with Gasteiger partial charge in [-0.05, 0) is 23.7 Å². The Morgan fingerprint density at radius 3 is 1.33 bits per heavy atom. The van der Waals surface area contributed by atoms with Gasteiger partial charge in [0, 0.05) is 0 Å². The van der Waals surface area contributed by atoms with E-state index in [0.29, 0.717) is 11.8 Å². The van der Waals surface area contributed by atoms with Gasteiger partial charge in [-0.3, -0.25) is 9.59 Å². The fourth-order valence-electron chi connectivity index (χ4n) is 3.73. The Kier molecular flexibility index (Phi) is 2.54. The quantitative estimate of drug-likeness (QED) is 0.544. The minimum atomic E-state index is -0.399. The van der Waals surface area contributed by atoms with Gasteiger partial charge in [0.15, 0.2) is 0 Å². The summed E-state index contributed by atoms with van der Waals surface area (Å²) in [7, 11) is 2.74. The van der Waals surface area contributed by atoms with Gasteiger partial charge in [-0.1, -0.05) is 24.3 Å². The van der Waals surface area contributed by atoms with Gasteiger partial charge in [0.25, 0.3) is 0 Å². The number of carbonyl (C=O) groups is 2. The summed E-state index contributed by atoms with van der Waals surface area (Å²) in [6.45, 7) is 0.